The molecule has 136 valence electrons. The minimum Gasteiger partial charge on any atom is -0.493 e. The summed E-state index contributed by atoms with van der Waals surface area (Å²) in [6.45, 7) is 4.52. The zero-order valence-electron chi connectivity index (χ0n) is 15.2. The van der Waals surface area contributed by atoms with Crippen molar-refractivity contribution in [1.82, 2.24) is 0 Å². The van der Waals surface area contributed by atoms with E-state index in [4.69, 9.17) is 9.47 Å². The molecular formula is C20H21NO5. The average molecular weight is 355 g/mol. The van der Waals surface area contributed by atoms with Crippen LogP contribution >= 0.6 is 0 Å². The Balaban J connectivity index is 2.11. The predicted octanol–water partition coefficient (Wildman–Crippen LogP) is 3.51. The molecule has 0 aliphatic carbocycles. The molecule has 0 aliphatic rings. The number of carbonyl (C=O) groups excluding carboxylic acids is 3. The zero-order chi connectivity index (χ0) is 19.3. The summed E-state index contributed by atoms with van der Waals surface area (Å²) in [6.07, 6.45) is -0.812. The van der Waals surface area contributed by atoms with Crippen molar-refractivity contribution < 1.29 is 23.9 Å². The second-order valence-corrected chi connectivity index (χ2v) is 5.81. The quantitative estimate of drug-likeness (QED) is 0.769. The Morgan fingerprint density at radius 3 is 2.19 bits per heavy atom. The lowest BCUT2D eigenvalue weighted by Gasteiger charge is -2.17. The standard InChI is InChI=1S/C20H21NO5/c1-12(22)15-6-5-7-17(10-15)21-20(24)14(3)26-18-9-8-16(13(2)23)11-19(18)25-4/h5-11,14H,1-4H3,(H,21,24)/t14-/m1/s1. The van der Waals surface area contributed by atoms with E-state index in [-0.39, 0.29) is 17.5 Å². The van der Waals surface area contributed by atoms with Gasteiger partial charge in [-0.05, 0) is 51.1 Å². The summed E-state index contributed by atoms with van der Waals surface area (Å²) in [5.41, 5.74) is 1.52. The van der Waals surface area contributed by atoms with Gasteiger partial charge in [0.15, 0.2) is 29.2 Å². The van der Waals surface area contributed by atoms with Crippen LogP contribution in [0.5, 0.6) is 11.5 Å². The van der Waals surface area contributed by atoms with Crippen LogP contribution in [0.2, 0.25) is 0 Å². The molecule has 1 atom stereocenters. The van der Waals surface area contributed by atoms with Gasteiger partial charge in [-0.1, -0.05) is 12.1 Å². The van der Waals surface area contributed by atoms with Crippen LogP contribution in [0.3, 0.4) is 0 Å². The van der Waals surface area contributed by atoms with Crippen LogP contribution < -0.4 is 14.8 Å². The van der Waals surface area contributed by atoms with Crippen molar-refractivity contribution in [2.45, 2.75) is 26.9 Å². The maximum absolute atomic E-state index is 12.4. The number of carbonyl (C=O) groups is 3. The van der Waals surface area contributed by atoms with E-state index in [1.165, 1.54) is 21.0 Å². The van der Waals surface area contributed by atoms with Gasteiger partial charge in [-0.3, -0.25) is 14.4 Å². The molecule has 0 saturated heterocycles. The lowest BCUT2D eigenvalue weighted by Crippen LogP contribution is -2.30. The Kier molecular flexibility index (Phi) is 6.11. The van der Waals surface area contributed by atoms with Gasteiger partial charge in [0.1, 0.15) is 0 Å². The fourth-order valence-electron chi connectivity index (χ4n) is 2.29. The van der Waals surface area contributed by atoms with Crippen LogP contribution in [0.1, 0.15) is 41.5 Å². The highest BCUT2D eigenvalue weighted by Crippen LogP contribution is 2.29. The number of ether oxygens (including phenoxy) is 2. The molecule has 0 aliphatic heterocycles. The number of nitrogens with one attached hydrogen (secondary N) is 1. The third kappa shape index (κ3) is 4.69. The number of benzene rings is 2. The van der Waals surface area contributed by atoms with Gasteiger partial charge in [0.05, 0.1) is 7.11 Å². The van der Waals surface area contributed by atoms with E-state index in [0.717, 1.165) is 0 Å². The largest absolute Gasteiger partial charge is 0.493 e. The van der Waals surface area contributed by atoms with Gasteiger partial charge in [-0.2, -0.15) is 0 Å². The number of Topliss-reactive ketones (excluding diaryl/α,β-unsaturated/α-hetero) is 2. The lowest BCUT2D eigenvalue weighted by molar-refractivity contribution is -0.122. The molecule has 0 fully saturated rings. The van der Waals surface area contributed by atoms with Crippen molar-refractivity contribution in [2.24, 2.45) is 0 Å². The third-order valence-electron chi connectivity index (χ3n) is 3.78. The normalized spacial score (nSPS) is 11.4. The first kappa shape index (κ1) is 19.2. The number of rotatable bonds is 7. The van der Waals surface area contributed by atoms with E-state index in [9.17, 15) is 14.4 Å². The second-order valence-electron chi connectivity index (χ2n) is 5.81. The van der Waals surface area contributed by atoms with Crippen molar-refractivity contribution in [3.63, 3.8) is 0 Å². The van der Waals surface area contributed by atoms with Crippen molar-refractivity contribution in [1.29, 1.82) is 0 Å². The Bertz CT molecular complexity index is 844. The highest BCUT2D eigenvalue weighted by Gasteiger charge is 2.18. The van der Waals surface area contributed by atoms with Crippen molar-refractivity contribution >= 4 is 23.2 Å². The van der Waals surface area contributed by atoms with E-state index < -0.39 is 6.10 Å². The first-order valence-electron chi connectivity index (χ1n) is 8.09. The summed E-state index contributed by atoms with van der Waals surface area (Å²) in [6, 6.07) is 11.4. The maximum atomic E-state index is 12.4. The van der Waals surface area contributed by atoms with Crippen molar-refractivity contribution in [3.8, 4) is 11.5 Å². The summed E-state index contributed by atoms with van der Waals surface area (Å²) in [5, 5.41) is 2.71. The zero-order valence-corrected chi connectivity index (χ0v) is 15.2. The molecule has 2 rings (SSSR count). The van der Waals surface area contributed by atoms with E-state index in [1.54, 1.807) is 49.4 Å². The molecule has 2 aromatic carbocycles. The smallest absolute Gasteiger partial charge is 0.265 e. The van der Waals surface area contributed by atoms with E-state index in [0.29, 0.717) is 28.3 Å². The second kappa shape index (κ2) is 8.29. The van der Waals surface area contributed by atoms with Crippen molar-refractivity contribution in [2.75, 3.05) is 12.4 Å². The number of methoxy groups -OCH3 is 1. The summed E-state index contributed by atoms with van der Waals surface area (Å²) < 4.78 is 10.9. The predicted molar refractivity (Wildman–Crippen MR) is 98.2 cm³/mol. The molecule has 1 N–H and O–H groups in total. The summed E-state index contributed by atoms with van der Waals surface area (Å²) >= 11 is 0. The summed E-state index contributed by atoms with van der Waals surface area (Å²) in [5.74, 6) is 0.184. The Hall–Kier alpha value is -3.15. The maximum Gasteiger partial charge on any atom is 0.265 e. The molecule has 0 spiro atoms. The monoisotopic (exact) mass is 355 g/mol. The molecule has 26 heavy (non-hydrogen) atoms. The Morgan fingerprint density at radius 1 is 0.923 bits per heavy atom. The fourth-order valence-corrected chi connectivity index (χ4v) is 2.29. The Labute approximate surface area is 152 Å². The third-order valence-corrected chi connectivity index (χ3v) is 3.78. The number of hydrogen-bond acceptors (Lipinski definition) is 5. The number of ketones is 2. The minimum absolute atomic E-state index is 0.0827. The highest BCUT2D eigenvalue weighted by atomic mass is 16.5. The molecule has 0 bridgehead atoms. The van der Waals surface area contributed by atoms with Gasteiger partial charge >= 0.3 is 0 Å². The minimum atomic E-state index is -0.812. The van der Waals surface area contributed by atoms with Gasteiger partial charge in [-0.15, -0.1) is 0 Å². The highest BCUT2D eigenvalue weighted by molar-refractivity contribution is 5.98. The average Bonchev–Trinajstić information content (AvgIpc) is 2.61. The van der Waals surface area contributed by atoms with Gasteiger partial charge in [0, 0.05) is 16.8 Å². The molecule has 2 aromatic rings. The van der Waals surface area contributed by atoms with Crippen LogP contribution in [0.15, 0.2) is 42.5 Å². The summed E-state index contributed by atoms with van der Waals surface area (Å²) in [7, 11) is 1.46. The topological polar surface area (TPSA) is 81.7 Å². The molecule has 0 heterocycles. The number of anilines is 1. The van der Waals surface area contributed by atoms with Gasteiger partial charge in [0.2, 0.25) is 0 Å². The fraction of sp³-hybridized carbons (Fsp3) is 0.250. The molecule has 6 nitrogen and oxygen atoms in total. The Morgan fingerprint density at radius 2 is 1.58 bits per heavy atom. The summed E-state index contributed by atoms with van der Waals surface area (Å²) in [4.78, 5) is 35.2. The molecule has 0 unspecified atom stereocenters. The lowest BCUT2D eigenvalue weighted by atomic mass is 10.1. The molecule has 1 amide bonds. The van der Waals surface area contributed by atoms with Crippen LogP contribution in [0.4, 0.5) is 5.69 Å². The molecule has 0 aromatic heterocycles. The van der Waals surface area contributed by atoms with E-state index >= 15 is 0 Å². The first-order chi connectivity index (χ1) is 12.3. The van der Waals surface area contributed by atoms with Gasteiger partial charge in [-0.25, -0.2) is 0 Å². The SMILES string of the molecule is COc1cc(C(C)=O)ccc1O[C@H](C)C(=O)Nc1cccc(C(C)=O)c1. The van der Waals surface area contributed by atoms with Crippen LogP contribution in [-0.2, 0) is 4.79 Å². The van der Waals surface area contributed by atoms with Crippen LogP contribution in [0, 0.1) is 0 Å². The van der Waals surface area contributed by atoms with Crippen molar-refractivity contribution in [3.05, 3.63) is 53.6 Å². The first-order valence-corrected chi connectivity index (χ1v) is 8.09. The van der Waals surface area contributed by atoms with E-state index in [2.05, 4.69) is 5.32 Å². The van der Waals surface area contributed by atoms with Gasteiger partial charge < -0.3 is 14.8 Å². The molecule has 0 saturated carbocycles. The number of amides is 1. The molecule has 0 radical (unpaired) electrons. The molecule has 6 heteroatoms. The van der Waals surface area contributed by atoms with E-state index in [1.807, 2.05) is 0 Å². The van der Waals surface area contributed by atoms with Crippen LogP contribution in [-0.4, -0.2) is 30.7 Å². The number of hydrogen-bond donors (Lipinski definition) is 1. The van der Waals surface area contributed by atoms with Gasteiger partial charge in [0.25, 0.3) is 5.91 Å². The molecular weight excluding hydrogens is 334 g/mol. The van der Waals surface area contributed by atoms with Crippen LogP contribution in [0.25, 0.3) is 0 Å².